The molecule has 4 bridgehead atoms. The Kier molecular flexibility index (Phi) is 8.46. The molecule has 1 aliphatic heterocycles. The van der Waals surface area contributed by atoms with Gasteiger partial charge in [0.05, 0.1) is 28.3 Å². The van der Waals surface area contributed by atoms with Gasteiger partial charge in [0.15, 0.2) is 0 Å². The molecular formula is C33H33N5O4S. The van der Waals surface area contributed by atoms with Crippen molar-refractivity contribution in [2.75, 3.05) is 11.3 Å². The van der Waals surface area contributed by atoms with E-state index in [9.17, 15) is 18.5 Å². The van der Waals surface area contributed by atoms with E-state index in [0.29, 0.717) is 17.7 Å². The summed E-state index contributed by atoms with van der Waals surface area (Å²) in [6.07, 6.45) is 0.625. The summed E-state index contributed by atoms with van der Waals surface area (Å²) >= 11 is 0. The number of nitriles is 1. The fourth-order valence-electron chi connectivity index (χ4n) is 5.29. The zero-order valence-corrected chi connectivity index (χ0v) is 25.4. The van der Waals surface area contributed by atoms with Gasteiger partial charge in [0.25, 0.3) is 15.9 Å². The van der Waals surface area contributed by atoms with E-state index < -0.39 is 10.0 Å². The van der Waals surface area contributed by atoms with Crippen LogP contribution in [0.2, 0.25) is 0 Å². The minimum Gasteiger partial charge on any atom is -0.475 e. The molecule has 1 aliphatic rings. The summed E-state index contributed by atoms with van der Waals surface area (Å²) in [6.45, 7) is 8.44. The monoisotopic (exact) mass is 595 g/mol. The summed E-state index contributed by atoms with van der Waals surface area (Å²) in [5.41, 5.74) is 4.91. The van der Waals surface area contributed by atoms with E-state index in [-0.39, 0.29) is 53.3 Å². The van der Waals surface area contributed by atoms with Crippen LogP contribution in [0.4, 0.5) is 5.95 Å². The van der Waals surface area contributed by atoms with Crippen LogP contribution in [0.1, 0.15) is 52.9 Å². The molecule has 0 saturated heterocycles. The number of anilines is 1. The maximum atomic E-state index is 14.1. The topological polar surface area (TPSA) is 125 Å². The number of nitrogens with zero attached hydrogens (tertiary/aromatic N) is 4. The number of amides is 1. The number of fused-ring (bicyclic) bond motifs is 4. The molecule has 0 fully saturated rings. The number of ether oxygens (including phenoxy) is 1. The highest BCUT2D eigenvalue weighted by molar-refractivity contribution is 7.92. The van der Waals surface area contributed by atoms with Gasteiger partial charge in [0, 0.05) is 23.7 Å². The molecule has 1 aromatic heterocycles. The molecule has 1 amide bonds. The first-order valence-corrected chi connectivity index (χ1v) is 15.5. The third-order valence-electron chi connectivity index (χ3n) is 7.36. The largest absolute Gasteiger partial charge is 0.475 e. The second-order valence-electron chi connectivity index (χ2n) is 11.2. The summed E-state index contributed by atoms with van der Waals surface area (Å²) < 4.78 is 35.8. The van der Waals surface area contributed by atoms with Crippen molar-refractivity contribution >= 4 is 21.9 Å². The first kappa shape index (κ1) is 29.7. The van der Waals surface area contributed by atoms with Gasteiger partial charge in [0.2, 0.25) is 11.8 Å². The van der Waals surface area contributed by atoms with Crippen LogP contribution in [0, 0.1) is 31.1 Å². The Labute approximate surface area is 252 Å². The van der Waals surface area contributed by atoms with Gasteiger partial charge in [-0.05, 0) is 73.2 Å². The average Bonchev–Trinajstić information content (AvgIpc) is 2.97. The molecule has 5 rings (SSSR count). The fraction of sp³-hybridized carbons (Fsp3) is 0.273. The highest BCUT2D eigenvalue weighted by Crippen LogP contribution is 2.30. The van der Waals surface area contributed by atoms with Gasteiger partial charge in [-0.15, -0.1) is 0 Å². The van der Waals surface area contributed by atoms with Crippen molar-refractivity contribution in [2.24, 2.45) is 5.92 Å². The number of hydrogen-bond donors (Lipinski definition) is 1. The molecule has 0 saturated carbocycles. The third kappa shape index (κ3) is 6.68. The number of sulfonamides is 1. The predicted molar refractivity (Wildman–Crippen MR) is 164 cm³/mol. The van der Waals surface area contributed by atoms with Gasteiger partial charge in [-0.2, -0.15) is 10.2 Å². The fourth-order valence-corrected chi connectivity index (χ4v) is 6.28. The molecule has 9 nitrogen and oxygen atoms in total. The lowest BCUT2D eigenvalue weighted by Gasteiger charge is -2.33. The van der Waals surface area contributed by atoms with Gasteiger partial charge in [-0.3, -0.25) is 4.79 Å². The van der Waals surface area contributed by atoms with Crippen LogP contribution < -0.4 is 9.46 Å². The van der Waals surface area contributed by atoms with E-state index in [1.807, 2.05) is 44.2 Å². The van der Waals surface area contributed by atoms with Gasteiger partial charge < -0.3 is 9.64 Å². The summed E-state index contributed by atoms with van der Waals surface area (Å²) in [5.74, 6) is -0.0409. The van der Waals surface area contributed by atoms with Crippen LogP contribution in [0.3, 0.4) is 0 Å². The van der Waals surface area contributed by atoms with Crippen molar-refractivity contribution in [2.45, 2.75) is 51.6 Å². The normalized spacial score (nSPS) is 16.2. The maximum Gasteiger partial charge on any atom is 0.264 e. The van der Waals surface area contributed by atoms with Crippen molar-refractivity contribution in [1.82, 2.24) is 14.9 Å². The molecule has 0 radical (unpaired) electrons. The molecule has 10 heteroatoms. The lowest BCUT2D eigenvalue weighted by atomic mass is 10.00. The van der Waals surface area contributed by atoms with Crippen molar-refractivity contribution < 1.29 is 17.9 Å². The Morgan fingerprint density at radius 1 is 1.02 bits per heavy atom. The van der Waals surface area contributed by atoms with Crippen LogP contribution in [-0.4, -0.2) is 41.8 Å². The van der Waals surface area contributed by atoms with Crippen LogP contribution in [0.5, 0.6) is 5.88 Å². The summed E-state index contributed by atoms with van der Waals surface area (Å²) in [4.78, 5) is 24.7. The zero-order chi connectivity index (χ0) is 30.7. The standard InChI is InChI=1S/C33H33N5O4S/c1-21(2)15-27-20-42-30-17-29(31-22(3)7-5-8-23(31)4)35-33(36-30)37-43(40,41)28-10-6-9-26(16-28)32(39)38(27)19-25-13-11-24(18-34)12-14-25/h5-14,16-17,21,27H,15,19-20H2,1-4H3,(H,35,36,37)/t27-/m1/s1. The van der Waals surface area contributed by atoms with Crippen molar-refractivity contribution in [3.63, 3.8) is 0 Å². The van der Waals surface area contributed by atoms with Crippen LogP contribution in [0.25, 0.3) is 11.3 Å². The molecule has 1 N–H and O–H groups in total. The Hall–Kier alpha value is -4.75. The molecule has 2 heterocycles. The molecule has 43 heavy (non-hydrogen) atoms. The van der Waals surface area contributed by atoms with Crippen LogP contribution >= 0.6 is 0 Å². The molecule has 0 unspecified atom stereocenters. The van der Waals surface area contributed by atoms with Gasteiger partial charge in [-0.1, -0.05) is 50.2 Å². The van der Waals surface area contributed by atoms with Crippen LogP contribution in [-0.2, 0) is 16.6 Å². The molecule has 0 spiro atoms. The second-order valence-corrected chi connectivity index (χ2v) is 12.8. The highest BCUT2D eigenvalue weighted by atomic mass is 32.2. The highest BCUT2D eigenvalue weighted by Gasteiger charge is 2.29. The minimum absolute atomic E-state index is 0.0835. The number of nitrogens with one attached hydrogen (secondary N) is 1. The Bertz CT molecular complexity index is 1790. The van der Waals surface area contributed by atoms with Gasteiger partial charge in [0.1, 0.15) is 6.61 Å². The lowest BCUT2D eigenvalue weighted by molar-refractivity contribution is 0.0553. The molecule has 220 valence electrons. The van der Waals surface area contributed by atoms with E-state index in [1.165, 1.54) is 12.1 Å². The zero-order valence-electron chi connectivity index (χ0n) is 24.5. The Morgan fingerprint density at radius 3 is 2.40 bits per heavy atom. The summed E-state index contributed by atoms with van der Waals surface area (Å²) in [7, 11) is -4.15. The summed E-state index contributed by atoms with van der Waals surface area (Å²) in [6, 6.07) is 22.4. The first-order valence-electron chi connectivity index (χ1n) is 14.1. The van der Waals surface area contributed by atoms with Gasteiger partial charge >= 0.3 is 0 Å². The molecule has 0 aliphatic carbocycles. The molecule has 3 aromatic carbocycles. The molecule has 4 aromatic rings. The van der Waals surface area contributed by atoms with E-state index in [1.54, 1.807) is 35.2 Å². The number of aromatic nitrogens is 2. The van der Waals surface area contributed by atoms with E-state index in [4.69, 9.17) is 4.74 Å². The summed E-state index contributed by atoms with van der Waals surface area (Å²) in [5, 5.41) is 9.24. The quantitative estimate of drug-likeness (QED) is 0.305. The number of hydrogen-bond acceptors (Lipinski definition) is 7. The SMILES string of the molecule is Cc1cccc(C)c1-c1cc2nc(n1)NS(=O)(=O)c1cccc(c1)C(=O)N(Cc1ccc(C#N)cc1)[C@H](CC(C)C)CO2. The first-order chi connectivity index (χ1) is 20.5. The van der Waals surface area contributed by atoms with E-state index in [0.717, 1.165) is 22.3 Å². The lowest BCUT2D eigenvalue weighted by Crippen LogP contribution is -2.44. The maximum absolute atomic E-state index is 14.1. The molecular weight excluding hydrogens is 562 g/mol. The third-order valence-corrected chi connectivity index (χ3v) is 8.69. The second kappa shape index (κ2) is 12.2. The van der Waals surface area contributed by atoms with Crippen LogP contribution in [0.15, 0.2) is 77.7 Å². The smallest absolute Gasteiger partial charge is 0.264 e. The number of rotatable bonds is 5. The number of carbonyl (C=O) groups excluding carboxylic acids is 1. The molecule has 1 atom stereocenters. The van der Waals surface area contributed by atoms with Crippen molar-refractivity contribution in [3.05, 3.63) is 101 Å². The Balaban J connectivity index is 1.66. The minimum atomic E-state index is -4.15. The number of aryl methyl sites for hydroxylation is 2. The number of carbonyl (C=O) groups is 1. The van der Waals surface area contributed by atoms with Crippen molar-refractivity contribution in [3.8, 4) is 23.2 Å². The van der Waals surface area contributed by atoms with E-state index >= 15 is 0 Å². The Morgan fingerprint density at radius 2 is 1.72 bits per heavy atom. The predicted octanol–water partition coefficient (Wildman–Crippen LogP) is 5.88. The van der Waals surface area contributed by atoms with Crippen molar-refractivity contribution in [1.29, 1.82) is 5.26 Å². The van der Waals surface area contributed by atoms with Gasteiger partial charge in [-0.25, -0.2) is 18.1 Å². The average molecular weight is 596 g/mol. The van der Waals surface area contributed by atoms with E-state index in [2.05, 4.69) is 34.6 Å². The number of benzene rings is 3.